The predicted molar refractivity (Wildman–Crippen MR) is 114 cm³/mol. The summed E-state index contributed by atoms with van der Waals surface area (Å²) >= 11 is 5.51. The number of nitrogens with one attached hydrogen (secondary N) is 3. The zero-order valence-electron chi connectivity index (χ0n) is 17.6. The van der Waals surface area contributed by atoms with Gasteiger partial charge in [-0.25, -0.2) is 13.6 Å². The Labute approximate surface area is 196 Å². The normalized spacial score (nSPS) is 24.8. The number of halogens is 6. The number of alkyl halides is 3. The molecule has 2 aliphatic heterocycles. The number of hydrogen-bond acceptors (Lipinski definition) is 4. The van der Waals surface area contributed by atoms with E-state index < -0.39 is 52.4 Å². The topological polar surface area (TPSA) is 71.6 Å². The second-order valence-electron chi connectivity index (χ2n) is 7.98. The minimum Gasteiger partial charge on any atom is -0.473 e. The van der Waals surface area contributed by atoms with Gasteiger partial charge in [0.1, 0.15) is 5.75 Å². The lowest BCUT2D eigenvalue weighted by molar-refractivity contribution is -0.334. The molecule has 2 aliphatic rings. The van der Waals surface area contributed by atoms with Crippen molar-refractivity contribution in [3.05, 3.63) is 58.6 Å². The van der Waals surface area contributed by atoms with Gasteiger partial charge in [-0.3, -0.25) is 5.32 Å². The standard InChI is InChI=1S/C22H21ClF5N3O3/c23-13-7-8-14(18(25)17(13)24)30-20(32)31-15-5-3-10-29-19(15)34-16-6-2-1-4-12(16)21(9-11-33-21)22(26,27)28/h1-2,4,6-8,15,19,29H,3,5,9-11H2,(H2,30,31,32)/t15?,19?,21-/m1/s1. The molecular formula is C22H21ClF5N3O3. The highest BCUT2D eigenvalue weighted by atomic mass is 35.5. The van der Waals surface area contributed by atoms with Crippen LogP contribution in [-0.4, -0.2) is 37.6 Å². The molecule has 12 heteroatoms. The first-order valence-corrected chi connectivity index (χ1v) is 10.9. The summed E-state index contributed by atoms with van der Waals surface area (Å²) < 4.78 is 80.0. The van der Waals surface area contributed by atoms with Crippen molar-refractivity contribution in [2.45, 2.75) is 43.3 Å². The molecule has 0 saturated carbocycles. The summed E-state index contributed by atoms with van der Waals surface area (Å²) in [6.07, 6.45) is -4.67. The van der Waals surface area contributed by atoms with Gasteiger partial charge in [-0.1, -0.05) is 29.8 Å². The molecule has 0 spiro atoms. The highest BCUT2D eigenvalue weighted by Gasteiger charge is 2.62. The SMILES string of the molecule is O=C(Nc1ccc(Cl)c(F)c1F)NC1CCCNC1Oc1ccccc1[C@@]1(C(F)(F)F)CCO1. The van der Waals surface area contributed by atoms with E-state index in [2.05, 4.69) is 16.0 Å². The van der Waals surface area contributed by atoms with Crippen LogP contribution < -0.4 is 20.7 Å². The van der Waals surface area contributed by atoms with Crippen LogP contribution in [0.4, 0.5) is 32.4 Å². The minimum absolute atomic E-state index is 0.0261. The van der Waals surface area contributed by atoms with Gasteiger partial charge in [-0.15, -0.1) is 0 Å². The third kappa shape index (κ3) is 4.64. The molecule has 0 radical (unpaired) electrons. The summed E-state index contributed by atoms with van der Waals surface area (Å²) in [6.45, 7) is 0.478. The average Bonchev–Trinajstić information content (AvgIpc) is 2.75. The minimum atomic E-state index is -4.64. The number of anilines is 1. The van der Waals surface area contributed by atoms with Gasteiger partial charge < -0.3 is 20.1 Å². The molecule has 2 unspecified atom stereocenters. The third-order valence-electron chi connectivity index (χ3n) is 5.84. The Kier molecular flexibility index (Phi) is 6.88. The van der Waals surface area contributed by atoms with Crippen molar-refractivity contribution in [2.75, 3.05) is 18.5 Å². The average molecular weight is 506 g/mol. The summed E-state index contributed by atoms with van der Waals surface area (Å²) in [5.41, 5.74) is -3.02. The van der Waals surface area contributed by atoms with E-state index in [-0.39, 0.29) is 24.3 Å². The van der Waals surface area contributed by atoms with Crippen molar-refractivity contribution < 1.29 is 36.2 Å². The lowest BCUT2D eigenvalue weighted by Crippen LogP contribution is -2.57. The van der Waals surface area contributed by atoms with E-state index in [9.17, 15) is 26.7 Å². The molecule has 0 aromatic heterocycles. The molecule has 0 bridgehead atoms. The van der Waals surface area contributed by atoms with Crippen molar-refractivity contribution in [1.82, 2.24) is 10.6 Å². The Hall–Kier alpha value is -2.63. The zero-order chi connectivity index (χ0) is 24.5. The van der Waals surface area contributed by atoms with Crippen LogP contribution in [0.3, 0.4) is 0 Å². The highest BCUT2D eigenvalue weighted by Crippen LogP contribution is 2.52. The van der Waals surface area contributed by atoms with Gasteiger partial charge >= 0.3 is 12.2 Å². The van der Waals surface area contributed by atoms with Crippen LogP contribution in [0.2, 0.25) is 5.02 Å². The summed E-state index contributed by atoms with van der Waals surface area (Å²) in [5, 5.41) is 7.41. The summed E-state index contributed by atoms with van der Waals surface area (Å²) in [7, 11) is 0. The number of hydrogen-bond donors (Lipinski definition) is 3. The summed E-state index contributed by atoms with van der Waals surface area (Å²) in [4.78, 5) is 12.4. The highest BCUT2D eigenvalue weighted by molar-refractivity contribution is 6.30. The number of urea groups is 1. The lowest BCUT2D eigenvalue weighted by atomic mass is 9.85. The van der Waals surface area contributed by atoms with Crippen LogP contribution in [0.25, 0.3) is 0 Å². The molecule has 34 heavy (non-hydrogen) atoms. The van der Waals surface area contributed by atoms with E-state index in [4.69, 9.17) is 21.1 Å². The second kappa shape index (κ2) is 9.55. The van der Waals surface area contributed by atoms with Crippen LogP contribution in [0.5, 0.6) is 5.75 Å². The molecule has 2 fully saturated rings. The molecule has 3 N–H and O–H groups in total. The Morgan fingerprint density at radius 1 is 1.18 bits per heavy atom. The molecule has 2 saturated heterocycles. The van der Waals surface area contributed by atoms with E-state index >= 15 is 0 Å². The number of carbonyl (C=O) groups is 1. The summed E-state index contributed by atoms with van der Waals surface area (Å²) in [6, 6.07) is 6.41. The number of rotatable bonds is 5. The fourth-order valence-corrected chi connectivity index (χ4v) is 4.16. The van der Waals surface area contributed by atoms with E-state index in [1.54, 1.807) is 0 Å². The van der Waals surface area contributed by atoms with E-state index in [1.165, 1.54) is 24.3 Å². The smallest absolute Gasteiger partial charge is 0.421 e. The quantitative estimate of drug-likeness (QED) is 0.392. The first kappa shape index (κ1) is 24.5. The van der Waals surface area contributed by atoms with Crippen LogP contribution in [-0.2, 0) is 10.3 Å². The monoisotopic (exact) mass is 505 g/mol. The number of amides is 2. The number of benzene rings is 2. The Morgan fingerprint density at radius 3 is 2.59 bits per heavy atom. The van der Waals surface area contributed by atoms with E-state index in [1.807, 2.05) is 0 Å². The van der Waals surface area contributed by atoms with E-state index in [0.29, 0.717) is 19.4 Å². The van der Waals surface area contributed by atoms with Crippen LogP contribution in [0, 0.1) is 11.6 Å². The maximum atomic E-state index is 14.0. The molecule has 2 amide bonds. The van der Waals surface area contributed by atoms with Gasteiger partial charge in [0.25, 0.3) is 0 Å². The largest absolute Gasteiger partial charge is 0.473 e. The first-order valence-electron chi connectivity index (χ1n) is 10.5. The molecular weight excluding hydrogens is 485 g/mol. The maximum absolute atomic E-state index is 14.0. The third-order valence-corrected chi connectivity index (χ3v) is 6.13. The van der Waals surface area contributed by atoms with Crippen molar-refractivity contribution >= 4 is 23.3 Å². The number of para-hydroxylation sites is 1. The zero-order valence-corrected chi connectivity index (χ0v) is 18.4. The van der Waals surface area contributed by atoms with Crippen LogP contribution in [0.1, 0.15) is 24.8 Å². The van der Waals surface area contributed by atoms with E-state index in [0.717, 1.165) is 12.1 Å². The lowest BCUT2D eigenvalue weighted by Gasteiger charge is -2.44. The Balaban J connectivity index is 1.50. The molecule has 6 nitrogen and oxygen atoms in total. The number of carbonyl (C=O) groups excluding carboxylic acids is 1. The molecule has 184 valence electrons. The Morgan fingerprint density at radius 2 is 1.91 bits per heavy atom. The summed E-state index contributed by atoms with van der Waals surface area (Å²) in [5.74, 6) is -2.64. The van der Waals surface area contributed by atoms with Gasteiger partial charge in [0.05, 0.1) is 23.4 Å². The van der Waals surface area contributed by atoms with Crippen molar-refractivity contribution in [1.29, 1.82) is 0 Å². The van der Waals surface area contributed by atoms with Gasteiger partial charge in [0.2, 0.25) is 0 Å². The molecule has 0 aliphatic carbocycles. The number of piperidine rings is 1. The Bertz CT molecular complexity index is 1060. The van der Waals surface area contributed by atoms with Crippen molar-refractivity contribution in [3.8, 4) is 5.75 Å². The van der Waals surface area contributed by atoms with Crippen LogP contribution >= 0.6 is 11.6 Å². The van der Waals surface area contributed by atoms with Gasteiger partial charge in [-0.05, 0) is 37.6 Å². The fraction of sp³-hybridized carbons (Fsp3) is 0.409. The van der Waals surface area contributed by atoms with Crippen molar-refractivity contribution in [3.63, 3.8) is 0 Å². The van der Waals surface area contributed by atoms with Crippen molar-refractivity contribution in [2.24, 2.45) is 0 Å². The maximum Gasteiger partial charge on any atom is 0.421 e. The van der Waals surface area contributed by atoms with Crippen LogP contribution in [0.15, 0.2) is 36.4 Å². The first-order chi connectivity index (χ1) is 16.1. The molecule has 2 aromatic carbocycles. The molecule has 2 heterocycles. The van der Waals surface area contributed by atoms with Gasteiger partial charge in [-0.2, -0.15) is 13.2 Å². The van der Waals surface area contributed by atoms with Gasteiger partial charge in [0, 0.05) is 12.0 Å². The van der Waals surface area contributed by atoms with Gasteiger partial charge in [0.15, 0.2) is 23.5 Å². The second-order valence-corrected chi connectivity index (χ2v) is 8.39. The fourth-order valence-electron chi connectivity index (χ4n) is 4.02. The number of ether oxygens (including phenoxy) is 2. The molecule has 4 rings (SSSR count). The molecule has 3 atom stereocenters. The molecule has 2 aromatic rings. The predicted octanol–water partition coefficient (Wildman–Crippen LogP) is 5.07.